The average molecular weight is 264 g/mol. The van der Waals surface area contributed by atoms with Crippen LogP contribution in [0.5, 0.6) is 0 Å². The lowest BCUT2D eigenvalue weighted by Crippen LogP contribution is -2.16. The minimum atomic E-state index is -0.338. The monoisotopic (exact) mass is 264 g/mol. The normalized spacial score (nSPS) is 10.6. The molecule has 0 aromatic carbocycles. The number of unbranched alkanes of at least 4 members (excludes halogenated alkanes) is 1. The van der Waals surface area contributed by atoms with Gasteiger partial charge in [0.25, 0.3) is 0 Å². The number of rotatable bonds is 13. The molecule has 0 aliphatic carbocycles. The van der Waals surface area contributed by atoms with E-state index in [9.17, 15) is 4.79 Å². The third-order valence-electron chi connectivity index (χ3n) is 1.96. The van der Waals surface area contributed by atoms with Gasteiger partial charge < -0.3 is 24.1 Å². The molecule has 0 aliphatic rings. The molecule has 0 bridgehead atoms. The number of carbonyl (C=O) groups is 1. The lowest BCUT2D eigenvalue weighted by atomic mass is 10.4. The predicted octanol–water partition coefficient (Wildman–Crippen LogP) is 0.372. The number of carbonyl (C=O) groups excluding carboxylic acids is 1. The van der Waals surface area contributed by atoms with Crippen LogP contribution in [0.1, 0.15) is 19.8 Å². The lowest BCUT2D eigenvalue weighted by molar-refractivity contribution is -0.149. The Balaban J connectivity index is 3.08. The lowest BCUT2D eigenvalue weighted by Gasteiger charge is -2.06. The van der Waals surface area contributed by atoms with Crippen LogP contribution in [-0.2, 0) is 23.7 Å². The van der Waals surface area contributed by atoms with Gasteiger partial charge in [-0.05, 0) is 6.42 Å². The van der Waals surface area contributed by atoms with Crippen LogP contribution in [0.25, 0.3) is 0 Å². The van der Waals surface area contributed by atoms with E-state index in [-0.39, 0.29) is 19.2 Å². The first-order valence-electron chi connectivity index (χ1n) is 6.31. The summed E-state index contributed by atoms with van der Waals surface area (Å²) >= 11 is 0. The Morgan fingerprint density at radius 3 is 2.17 bits per heavy atom. The maximum Gasteiger partial charge on any atom is 0.332 e. The SMILES string of the molecule is CCCCOC(=O)COCCOCCOCCO. The summed E-state index contributed by atoms with van der Waals surface area (Å²) in [6, 6.07) is 0. The van der Waals surface area contributed by atoms with Crippen LogP contribution in [0.15, 0.2) is 0 Å². The molecule has 0 aromatic heterocycles. The number of ether oxygens (including phenoxy) is 4. The molecule has 0 spiro atoms. The summed E-state index contributed by atoms with van der Waals surface area (Å²) in [4.78, 5) is 11.1. The van der Waals surface area contributed by atoms with Crippen molar-refractivity contribution < 1.29 is 28.8 Å². The number of esters is 1. The first kappa shape index (κ1) is 17.3. The Bertz CT molecular complexity index is 185. The topological polar surface area (TPSA) is 74.2 Å². The first-order chi connectivity index (χ1) is 8.81. The fourth-order valence-electron chi connectivity index (χ4n) is 1.03. The minimum absolute atomic E-state index is 0.0171. The van der Waals surface area contributed by atoms with Crippen LogP contribution in [0.4, 0.5) is 0 Å². The molecule has 6 heteroatoms. The fraction of sp³-hybridized carbons (Fsp3) is 0.917. The fourth-order valence-corrected chi connectivity index (χ4v) is 1.03. The Hall–Kier alpha value is -0.690. The molecule has 0 aliphatic heterocycles. The molecule has 0 unspecified atom stereocenters. The molecule has 18 heavy (non-hydrogen) atoms. The van der Waals surface area contributed by atoms with Crippen molar-refractivity contribution in [3.05, 3.63) is 0 Å². The molecule has 0 radical (unpaired) electrons. The summed E-state index contributed by atoms with van der Waals surface area (Å²) in [5, 5.41) is 8.44. The van der Waals surface area contributed by atoms with Gasteiger partial charge in [0.05, 0.1) is 46.2 Å². The van der Waals surface area contributed by atoms with Crippen molar-refractivity contribution in [1.82, 2.24) is 0 Å². The summed E-state index contributed by atoms with van der Waals surface area (Å²) in [7, 11) is 0. The highest BCUT2D eigenvalue weighted by Gasteiger charge is 2.01. The van der Waals surface area contributed by atoms with Crippen molar-refractivity contribution >= 4 is 5.97 Å². The second kappa shape index (κ2) is 14.4. The van der Waals surface area contributed by atoms with Crippen molar-refractivity contribution in [3.63, 3.8) is 0 Å². The Morgan fingerprint density at radius 2 is 1.56 bits per heavy atom. The van der Waals surface area contributed by atoms with Gasteiger partial charge in [0.15, 0.2) is 0 Å². The molecule has 0 fully saturated rings. The maximum absolute atomic E-state index is 11.1. The van der Waals surface area contributed by atoms with Crippen LogP contribution in [0.2, 0.25) is 0 Å². The summed E-state index contributed by atoms with van der Waals surface area (Å²) in [5.41, 5.74) is 0. The summed E-state index contributed by atoms with van der Waals surface area (Å²) in [5.74, 6) is -0.338. The van der Waals surface area contributed by atoms with E-state index in [0.717, 1.165) is 12.8 Å². The number of hydrogen-bond donors (Lipinski definition) is 1. The molecule has 108 valence electrons. The third-order valence-corrected chi connectivity index (χ3v) is 1.96. The van der Waals surface area contributed by atoms with Gasteiger partial charge >= 0.3 is 5.97 Å². The standard InChI is InChI=1S/C12H24O6/c1-2-3-5-18-12(14)11-17-10-9-16-8-7-15-6-4-13/h13H,2-11H2,1H3. The van der Waals surface area contributed by atoms with Gasteiger partial charge in [-0.3, -0.25) is 0 Å². The third kappa shape index (κ3) is 13.4. The Kier molecular flexibility index (Phi) is 13.8. The highest BCUT2D eigenvalue weighted by atomic mass is 16.6. The van der Waals surface area contributed by atoms with E-state index in [1.165, 1.54) is 0 Å². The molecule has 0 rings (SSSR count). The molecular weight excluding hydrogens is 240 g/mol. The van der Waals surface area contributed by atoms with Crippen LogP contribution < -0.4 is 0 Å². The summed E-state index contributed by atoms with van der Waals surface area (Å²) in [6.45, 7) is 4.45. The Morgan fingerprint density at radius 1 is 0.944 bits per heavy atom. The van der Waals surface area contributed by atoms with Crippen LogP contribution in [-0.4, -0.2) is 63.9 Å². The van der Waals surface area contributed by atoms with Gasteiger partial charge in [-0.25, -0.2) is 4.79 Å². The largest absolute Gasteiger partial charge is 0.464 e. The molecule has 6 nitrogen and oxygen atoms in total. The van der Waals surface area contributed by atoms with Crippen molar-refractivity contribution in [2.75, 3.05) is 52.9 Å². The van der Waals surface area contributed by atoms with Crippen molar-refractivity contribution in [2.45, 2.75) is 19.8 Å². The number of aliphatic hydroxyl groups excluding tert-OH is 1. The number of aliphatic hydroxyl groups is 1. The van der Waals surface area contributed by atoms with Gasteiger partial charge in [0, 0.05) is 0 Å². The van der Waals surface area contributed by atoms with E-state index in [4.69, 9.17) is 24.1 Å². The van der Waals surface area contributed by atoms with Gasteiger partial charge in [0.1, 0.15) is 6.61 Å². The zero-order chi connectivity index (χ0) is 13.5. The molecule has 0 saturated carbocycles. The van der Waals surface area contributed by atoms with Crippen LogP contribution >= 0.6 is 0 Å². The number of hydrogen-bond acceptors (Lipinski definition) is 6. The van der Waals surface area contributed by atoms with E-state index < -0.39 is 0 Å². The molecule has 0 aromatic rings. The predicted molar refractivity (Wildman–Crippen MR) is 65.4 cm³/mol. The highest BCUT2D eigenvalue weighted by molar-refractivity contribution is 5.70. The zero-order valence-electron chi connectivity index (χ0n) is 11.1. The zero-order valence-corrected chi connectivity index (χ0v) is 11.1. The van der Waals surface area contributed by atoms with Gasteiger partial charge in [-0.15, -0.1) is 0 Å². The van der Waals surface area contributed by atoms with Gasteiger partial charge in [-0.2, -0.15) is 0 Å². The van der Waals surface area contributed by atoms with Crippen LogP contribution in [0.3, 0.4) is 0 Å². The van der Waals surface area contributed by atoms with Gasteiger partial charge in [-0.1, -0.05) is 13.3 Å². The molecule has 0 atom stereocenters. The van der Waals surface area contributed by atoms with Crippen molar-refractivity contribution in [1.29, 1.82) is 0 Å². The van der Waals surface area contributed by atoms with E-state index >= 15 is 0 Å². The molecule has 1 N–H and O–H groups in total. The molecule has 0 heterocycles. The second-order valence-corrected chi connectivity index (χ2v) is 3.57. The van der Waals surface area contributed by atoms with E-state index in [2.05, 4.69) is 0 Å². The van der Waals surface area contributed by atoms with E-state index in [1.54, 1.807) is 0 Å². The summed E-state index contributed by atoms with van der Waals surface area (Å²) in [6.07, 6.45) is 1.88. The van der Waals surface area contributed by atoms with E-state index in [0.29, 0.717) is 39.6 Å². The van der Waals surface area contributed by atoms with Gasteiger partial charge in [0.2, 0.25) is 0 Å². The average Bonchev–Trinajstić information content (AvgIpc) is 2.37. The second-order valence-electron chi connectivity index (χ2n) is 3.57. The quantitative estimate of drug-likeness (QED) is 0.383. The van der Waals surface area contributed by atoms with Crippen LogP contribution in [0, 0.1) is 0 Å². The Labute approximate surface area is 108 Å². The van der Waals surface area contributed by atoms with E-state index in [1.807, 2.05) is 6.92 Å². The molecule has 0 amide bonds. The van der Waals surface area contributed by atoms with Crippen molar-refractivity contribution in [2.24, 2.45) is 0 Å². The van der Waals surface area contributed by atoms with Crippen molar-refractivity contribution in [3.8, 4) is 0 Å². The smallest absolute Gasteiger partial charge is 0.332 e. The highest BCUT2D eigenvalue weighted by Crippen LogP contribution is 1.89. The molecule has 0 saturated heterocycles. The minimum Gasteiger partial charge on any atom is -0.464 e. The first-order valence-corrected chi connectivity index (χ1v) is 6.31. The summed E-state index contributed by atoms with van der Waals surface area (Å²) < 4.78 is 20.1. The molecular formula is C12H24O6. The maximum atomic E-state index is 11.1.